The van der Waals surface area contributed by atoms with E-state index in [4.69, 9.17) is 0 Å². The molecule has 0 saturated heterocycles. The molecule has 0 saturated carbocycles. The van der Waals surface area contributed by atoms with Crippen molar-refractivity contribution in [2.24, 2.45) is 5.92 Å². The van der Waals surface area contributed by atoms with Gasteiger partial charge in [0.2, 0.25) is 0 Å². The Morgan fingerprint density at radius 1 is 1.00 bits per heavy atom. The fraction of sp³-hybridized carbons (Fsp3) is 0.278. The molecule has 1 aliphatic carbocycles. The standard InChI is InChI=1S/C18H18O/c1-13-12-17(19)15-10-6-7-11-16(15)18(13,2)14-8-4-3-5-9-14/h3-11,13H,12H2,1-2H3/t13-,18+/m0/s1. The molecule has 3 rings (SSSR count). The number of rotatable bonds is 1. The highest BCUT2D eigenvalue weighted by Crippen LogP contribution is 2.45. The number of fused-ring (bicyclic) bond motifs is 1. The Morgan fingerprint density at radius 2 is 1.63 bits per heavy atom. The van der Waals surface area contributed by atoms with E-state index in [-0.39, 0.29) is 11.2 Å². The lowest BCUT2D eigenvalue weighted by molar-refractivity contribution is 0.0927. The van der Waals surface area contributed by atoms with Gasteiger partial charge in [-0.15, -0.1) is 0 Å². The number of hydrogen-bond acceptors (Lipinski definition) is 1. The van der Waals surface area contributed by atoms with E-state index in [1.165, 1.54) is 11.1 Å². The van der Waals surface area contributed by atoms with Crippen LogP contribution in [-0.2, 0) is 5.41 Å². The van der Waals surface area contributed by atoms with E-state index >= 15 is 0 Å². The minimum absolute atomic E-state index is 0.0776. The molecular weight excluding hydrogens is 232 g/mol. The first kappa shape index (κ1) is 12.2. The summed E-state index contributed by atoms with van der Waals surface area (Å²) in [5, 5.41) is 0. The second-order valence-corrected chi connectivity index (χ2v) is 5.64. The average Bonchev–Trinajstić information content (AvgIpc) is 2.46. The lowest BCUT2D eigenvalue weighted by atomic mass is 9.61. The van der Waals surface area contributed by atoms with Gasteiger partial charge in [0.15, 0.2) is 5.78 Å². The zero-order chi connectivity index (χ0) is 13.5. The maximum Gasteiger partial charge on any atom is 0.163 e. The molecule has 0 heterocycles. The van der Waals surface area contributed by atoms with Crippen molar-refractivity contribution in [3.8, 4) is 0 Å². The van der Waals surface area contributed by atoms with E-state index in [9.17, 15) is 4.79 Å². The lowest BCUT2D eigenvalue weighted by Crippen LogP contribution is -2.38. The highest BCUT2D eigenvalue weighted by molar-refractivity contribution is 5.99. The highest BCUT2D eigenvalue weighted by atomic mass is 16.1. The molecule has 0 bridgehead atoms. The van der Waals surface area contributed by atoms with Gasteiger partial charge in [0, 0.05) is 17.4 Å². The summed E-state index contributed by atoms with van der Waals surface area (Å²) in [6.07, 6.45) is 0.627. The Hall–Kier alpha value is -1.89. The first-order valence-electron chi connectivity index (χ1n) is 6.82. The number of carbonyl (C=O) groups excluding carboxylic acids is 1. The highest BCUT2D eigenvalue weighted by Gasteiger charge is 2.41. The van der Waals surface area contributed by atoms with Gasteiger partial charge in [-0.2, -0.15) is 0 Å². The molecule has 0 unspecified atom stereocenters. The van der Waals surface area contributed by atoms with Crippen molar-refractivity contribution < 1.29 is 4.79 Å². The van der Waals surface area contributed by atoms with Gasteiger partial charge in [-0.05, 0) is 17.0 Å². The summed E-state index contributed by atoms with van der Waals surface area (Å²) in [4.78, 5) is 12.2. The van der Waals surface area contributed by atoms with Crippen LogP contribution in [0, 0.1) is 5.92 Å². The fourth-order valence-electron chi connectivity index (χ4n) is 3.26. The van der Waals surface area contributed by atoms with Gasteiger partial charge in [0.05, 0.1) is 0 Å². The average molecular weight is 250 g/mol. The number of hydrogen-bond donors (Lipinski definition) is 0. The molecule has 0 radical (unpaired) electrons. The molecule has 1 aliphatic rings. The van der Waals surface area contributed by atoms with Crippen LogP contribution in [0.3, 0.4) is 0 Å². The van der Waals surface area contributed by atoms with Crippen molar-refractivity contribution in [2.45, 2.75) is 25.7 Å². The molecule has 19 heavy (non-hydrogen) atoms. The molecule has 0 amide bonds. The number of ketones is 1. The molecule has 2 atom stereocenters. The Balaban J connectivity index is 2.26. The third-order valence-electron chi connectivity index (χ3n) is 4.64. The van der Waals surface area contributed by atoms with Crippen LogP contribution >= 0.6 is 0 Å². The predicted octanol–water partition coefficient (Wildman–Crippen LogP) is 4.22. The molecule has 2 aromatic carbocycles. The molecule has 0 aromatic heterocycles. The first-order valence-corrected chi connectivity index (χ1v) is 6.82. The van der Waals surface area contributed by atoms with Gasteiger partial charge in [0.25, 0.3) is 0 Å². The molecule has 0 aliphatic heterocycles. The minimum atomic E-state index is -0.0776. The maximum absolute atomic E-state index is 12.2. The fourth-order valence-corrected chi connectivity index (χ4v) is 3.26. The predicted molar refractivity (Wildman–Crippen MR) is 77.4 cm³/mol. The van der Waals surface area contributed by atoms with Crippen molar-refractivity contribution in [3.05, 3.63) is 71.3 Å². The van der Waals surface area contributed by atoms with Crippen LogP contribution in [0.2, 0.25) is 0 Å². The zero-order valence-corrected chi connectivity index (χ0v) is 11.4. The lowest BCUT2D eigenvalue weighted by Gasteiger charge is -2.41. The quantitative estimate of drug-likeness (QED) is 0.740. The molecule has 1 heteroatoms. The SMILES string of the molecule is C[C@H]1CC(=O)c2ccccc2[C@@]1(C)c1ccccc1. The molecule has 1 nitrogen and oxygen atoms in total. The summed E-state index contributed by atoms with van der Waals surface area (Å²) in [5.74, 6) is 0.591. The summed E-state index contributed by atoms with van der Waals surface area (Å²) in [5.41, 5.74) is 3.28. The number of Topliss-reactive ketones (excluding diaryl/α,β-unsaturated/α-hetero) is 1. The number of carbonyl (C=O) groups is 1. The van der Waals surface area contributed by atoms with Crippen LogP contribution in [0.5, 0.6) is 0 Å². The third-order valence-corrected chi connectivity index (χ3v) is 4.64. The summed E-state index contributed by atoms with van der Waals surface area (Å²) >= 11 is 0. The molecule has 96 valence electrons. The maximum atomic E-state index is 12.2. The van der Waals surface area contributed by atoms with Crippen molar-refractivity contribution >= 4 is 5.78 Å². The summed E-state index contributed by atoms with van der Waals surface area (Å²) < 4.78 is 0. The minimum Gasteiger partial charge on any atom is -0.294 e. The van der Waals surface area contributed by atoms with Crippen LogP contribution in [0.15, 0.2) is 54.6 Å². The molecule has 2 aromatic rings. The van der Waals surface area contributed by atoms with Crippen LogP contribution in [-0.4, -0.2) is 5.78 Å². The summed E-state index contributed by atoms with van der Waals surface area (Å²) in [6, 6.07) is 18.6. The van der Waals surface area contributed by atoms with Gasteiger partial charge < -0.3 is 0 Å². The number of benzene rings is 2. The van der Waals surface area contributed by atoms with Gasteiger partial charge in [-0.25, -0.2) is 0 Å². The smallest absolute Gasteiger partial charge is 0.163 e. The second kappa shape index (κ2) is 4.34. The van der Waals surface area contributed by atoms with E-state index in [1.807, 2.05) is 24.3 Å². The Bertz CT molecular complexity index is 615. The van der Waals surface area contributed by atoms with Crippen molar-refractivity contribution in [1.82, 2.24) is 0 Å². The van der Waals surface area contributed by atoms with Crippen LogP contribution < -0.4 is 0 Å². The zero-order valence-electron chi connectivity index (χ0n) is 11.4. The van der Waals surface area contributed by atoms with Crippen molar-refractivity contribution in [1.29, 1.82) is 0 Å². The van der Waals surface area contributed by atoms with E-state index < -0.39 is 0 Å². The van der Waals surface area contributed by atoms with Crippen LogP contribution in [0.4, 0.5) is 0 Å². The second-order valence-electron chi connectivity index (χ2n) is 5.64. The van der Waals surface area contributed by atoms with Gasteiger partial charge >= 0.3 is 0 Å². The summed E-state index contributed by atoms with van der Waals surface area (Å²) in [6.45, 7) is 4.44. The Labute approximate surface area is 114 Å². The van der Waals surface area contributed by atoms with Gasteiger partial charge in [-0.3, -0.25) is 4.79 Å². The normalized spacial score (nSPS) is 26.0. The van der Waals surface area contributed by atoms with Gasteiger partial charge in [-0.1, -0.05) is 68.4 Å². The van der Waals surface area contributed by atoms with E-state index in [2.05, 4.69) is 44.2 Å². The van der Waals surface area contributed by atoms with Crippen molar-refractivity contribution in [3.63, 3.8) is 0 Å². The first-order chi connectivity index (χ1) is 9.14. The van der Waals surface area contributed by atoms with E-state index in [0.29, 0.717) is 12.3 Å². The Morgan fingerprint density at radius 3 is 2.37 bits per heavy atom. The van der Waals surface area contributed by atoms with E-state index in [1.54, 1.807) is 0 Å². The monoisotopic (exact) mass is 250 g/mol. The Kier molecular flexibility index (Phi) is 2.78. The molecule has 0 fully saturated rings. The van der Waals surface area contributed by atoms with Gasteiger partial charge in [0.1, 0.15) is 0 Å². The largest absolute Gasteiger partial charge is 0.294 e. The van der Waals surface area contributed by atoms with Crippen LogP contribution in [0.1, 0.15) is 41.8 Å². The molecular formula is C18H18O. The molecule has 0 spiro atoms. The molecule has 0 N–H and O–H groups in total. The topological polar surface area (TPSA) is 17.1 Å². The van der Waals surface area contributed by atoms with Crippen molar-refractivity contribution in [2.75, 3.05) is 0 Å². The van der Waals surface area contributed by atoms with Crippen LogP contribution in [0.25, 0.3) is 0 Å². The third kappa shape index (κ3) is 1.73. The summed E-state index contributed by atoms with van der Waals surface area (Å²) in [7, 11) is 0. The van der Waals surface area contributed by atoms with E-state index in [0.717, 1.165) is 5.56 Å².